The van der Waals surface area contributed by atoms with Crippen LogP contribution in [0, 0.1) is 0 Å². The van der Waals surface area contributed by atoms with Crippen LogP contribution in [-0.4, -0.2) is 35.9 Å². The van der Waals surface area contributed by atoms with Crippen LogP contribution in [0.25, 0.3) is 0 Å². The van der Waals surface area contributed by atoms with Crippen molar-refractivity contribution in [1.82, 2.24) is 9.78 Å². The number of carbonyl (C=O) groups is 1. The molecule has 0 spiro atoms. The summed E-state index contributed by atoms with van der Waals surface area (Å²) < 4.78 is 12.0. The molecule has 0 saturated carbocycles. The number of methoxy groups -OCH3 is 2. The summed E-state index contributed by atoms with van der Waals surface area (Å²) >= 11 is 0. The molecule has 5 heteroatoms. The van der Waals surface area contributed by atoms with Gasteiger partial charge in [0.25, 0.3) is 0 Å². The molecule has 1 aromatic rings. The van der Waals surface area contributed by atoms with Crippen LogP contribution in [0.3, 0.4) is 0 Å². The number of hydrogen-bond acceptors (Lipinski definition) is 4. The Kier molecular flexibility index (Phi) is 4.69. The Morgan fingerprint density at radius 2 is 2.12 bits per heavy atom. The van der Waals surface area contributed by atoms with Gasteiger partial charge < -0.3 is 9.47 Å². The number of hydrogen-bond donors (Lipinski definition) is 0. The van der Waals surface area contributed by atoms with Crippen molar-refractivity contribution >= 4 is 5.78 Å². The lowest BCUT2D eigenvalue weighted by Crippen LogP contribution is -2.26. The maximum Gasteiger partial charge on any atom is 0.213 e. The standard InChI is InChI=1S/C12H20N2O3/c1-6-9(16-4)12(15)11-10(17-5)7-13-14(11)8(2)3/h7-9H,6H2,1-5H3. The molecule has 0 saturated heterocycles. The molecule has 0 N–H and O–H groups in total. The van der Waals surface area contributed by atoms with Crippen LogP contribution in [-0.2, 0) is 4.74 Å². The zero-order valence-electron chi connectivity index (χ0n) is 11.1. The molecule has 1 atom stereocenters. The molecule has 1 rings (SSSR count). The van der Waals surface area contributed by atoms with Gasteiger partial charge in [-0.2, -0.15) is 5.10 Å². The number of rotatable bonds is 6. The van der Waals surface area contributed by atoms with Crippen molar-refractivity contribution in [2.24, 2.45) is 0 Å². The molecule has 0 fully saturated rings. The van der Waals surface area contributed by atoms with Crippen molar-refractivity contribution in [3.63, 3.8) is 0 Å². The molecule has 0 bridgehead atoms. The van der Waals surface area contributed by atoms with Crippen LogP contribution < -0.4 is 4.74 Å². The van der Waals surface area contributed by atoms with Gasteiger partial charge in [0.2, 0.25) is 5.78 Å². The first-order valence-electron chi connectivity index (χ1n) is 5.75. The summed E-state index contributed by atoms with van der Waals surface area (Å²) in [4.78, 5) is 12.3. The van der Waals surface area contributed by atoms with E-state index in [0.29, 0.717) is 17.9 Å². The molecular formula is C12H20N2O3. The van der Waals surface area contributed by atoms with E-state index in [2.05, 4.69) is 5.10 Å². The summed E-state index contributed by atoms with van der Waals surface area (Å²) in [5.74, 6) is 0.414. The first kappa shape index (κ1) is 13.7. The highest BCUT2D eigenvalue weighted by Gasteiger charge is 2.26. The fourth-order valence-corrected chi connectivity index (χ4v) is 1.73. The molecule has 17 heavy (non-hydrogen) atoms. The van der Waals surface area contributed by atoms with Gasteiger partial charge in [0.1, 0.15) is 11.8 Å². The Morgan fingerprint density at radius 1 is 1.47 bits per heavy atom. The molecule has 1 unspecified atom stereocenters. The average molecular weight is 240 g/mol. The lowest BCUT2D eigenvalue weighted by atomic mass is 10.1. The van der Waals surface area contributed by atoms with E-state index >= 15 is 0 Å². The summed E-state index contributed by atoms with van der Waals surface area (Å²) in [6.07, 6.45) is 1.75. The fraction of sp³-hybridized carbons (Fsp3) is 0.667. The van der Waals surface area contributed by atoms with E-state index in [1.807, 2.05) is 20.8 Å². The summed E-state index contributed by atoms with van der Waals surface area (Å²) in [7, 11) is 3.07. The predicted octanol–water partition coefficient (Wildman–Crippen LogP) is 2.08. The van der Waals surface area contributed by atoms with E-state index in [-0.39, 0.29) is 11.8 Å². The summed E-state index contributed by atoms with van der Waals surface area (Å²) in [5, 5.41) is 4.17. The number of aromatic nitrogens is 2. The Morgan fingerprint density at radius 3 is 2.53 bits per heavy atom. The zero-order chi connectivity index (χ0) is 13.0. The quantitative estimate of drug-likeness (QED) is 0.714. The van der Waals surface area contributed by atoms with Crippen LogP contribution in [0.1, 0.15) is 43.7 Å². The Hall–Kier alpha value is -1.36. The third-order valence-electron chi connectivity index (χ3n) is 2.65. The molecule has 0 aromatic carbocycles. The zero-order valence-corrected chi connectivity index (χ0v) is 11.1. The second-order valence-corrected chi connectivity index (χ2v) is 4.10. The van der Waals surface area contributed by atoms with Crippen LogP contribution in [0.5, 0.6) is 5.75 Å². The second-order valence-electron chi connectivity index (χ2n) is 4.10. The second kappa shape index (κ2) is 5.82. The van der Waals surface area contributed by atoms with Crippen LogP contribution >= 0.6 is 0 Å². The molecule has 0 amide bonds. The maximum atomic E-state index is 12.3. The molecule has 0 radical (unpaired) electrons. The van der Waals surface area contributed by atoms with Crippen molar-refractivity contribution in [1.29, 1.82) is 0 Å². The molecule has 0 aliphatic heterocycles. The molecule has 96 valence electrons. The van der Waals surface area contributed by atoms with E-state index in [1.54, 1.807) is 10.9 Å². The van der Waals surface area contributed by atoms with Crippen molar-refractivity contribution in [3.8, 4) is 5.75 Å². The van der Waals surface area contributed by atoms with Gasteiger partial charge in [-0.1, -0.05) is 6.92 Å². The van der Waals surface area contributed by atoms with E-state index in [1.165, 1.54) is 14.2 Å². The molecule has 1 heterocycles. The average Bonchev–Trinajstić information content (AvgIpc) is 2.73. The minimum atomic E-state index is -0.446. The molecule has 1 aromatic heterocycles. The number of ether oxygens (including phenoxy) is 2. The minimum absolute atomic E-state index is 0.0851. The number of carbonyl (C=O) groups excluding carboxylic acids is 1. The Labute approximate surface area is 102 Å². The summed E-state index contributed by atoms with van der Waals surface area (Å²) in [6.45, 7) is 5.85. The normalized spacial score (nSPS) is 12.8. The smallest absolute Gasteiger partial charge is 0.213 e. The molecule has 5 nitrogen and oxygen atoms in total. The molecule has 0 aliphatic carbocycles. The third kappa shape index (κ3) is 2.66. The van der Waals surface area contributed by atoms with Gasteiger partial charge in [-0.25, -0.2) is 0 Å². The van der Waals surface area contributed by atoms with Gasteiger partial charge in [-0.15, -0.1) is 0 Å². The monoisotopic (exact) mass is 240 g/mol. The minimum Gasteiger partial charge on any atom is -0.493 e. The largest absolute Gasteiger partial charge is 0.493 e. The highest BCUT2D eigenvalue weighted by Crippen LogP contribution is 2.23. The van der Waals surface area contributed by atoms with Gasteiger partial charge in [-0.3, -0.25) is 9.48 Å². The number of ketones is 1. The Bertz CT molecular complexity index is 381. The first-order valence-corrected chi connectivity index (χ1v) is 5.75. The highest BCUT2D eigenvalue weighted by molar-refractivity contribution is 6.00. The fourth-order valence-electron chi connectivity index (χ4n) is 1.73. The highest BCUT2D eigenvalue weighted by atomic mass is 16.5. The first-order chi connectivity index (χ1) is 8.06. The van der Waals surface area contributed by atoms with E-state index in [0.717, 1.165) is 0 Å². The lowest BCUT2D eigenvalue weighted by molar-refractivity contribution is 0.0580. The predicted molar refractivity (Wildman–Crippen MR) is 64.6 cm³/mol. The Balaban J connectivity index is 3.17. The lowest BCUT2D eigenvalue weighted by Gasteiger charge is -2.15. The summed E-state index contributed by atoms with van der Waals surface area (Å²) in [5.41, 5.74) is 0.483. The van der Waals surface area contributed by atoms with E-state index in [9.17, 15) is 4.79 Å². The van der Waals surface area contributed by atoms with Crippen molar-refractivity contribution in [2.45, 2.75) is 39.3 Å². The van der Waals surface area contributed by atoms with Gasteiger partial charge in [-0.05, 0) is 20.3 Å². The van der Waals surface area contributed by atoms with Crippen LogP contribution in [0.4, 0.5) is 0 Å². The third-order valence-corrected chi connectivity index (χ3v) is 2.65. The molecular weight excluding hydrogens is 220 g/mol. The van der Waals surface area contributed by atoms with Crippen LogP contribution in [0.15, 0.2) is 6.20 Å². The SMILES string of the molecule is CCC(OC)C(=O)c1c(OC)cnn1C(C)C. The number of nitrogens with zero attached hydrogens (tertiary/aromatic N) is 2. The topological polar surface area (TPSA) is 53.4 Å². The molecule has 0 aliphatic rings. The van der Waals surface area contributed by atoms with E-state index < -0.39 is 6.10 Å². The maximum absolute atomic E-state index is 12.3. The van der Waals surface area contributed by atoms with E-state index in [4.69, 9.17) is 9.47 Å². The van der Waals surface area contributed by atoms with Crippen molar-refractivity contribution in [2.75, 3.05) is 14.2 Å². The van der Waals surface area contributed by atoms with Crippen molar-refractivity contribution < 1.29 is 14.3 Å². The van der Waals surface area contributed by atoms with Gasteiger partial charge in [0, 0.05) is 13.2 Å². The van der Waals surface area contributed by atoms with Gasteiger partial charge in [0.05, 0.1) is 13.3 Å². The van der Waals surface area contributed by atoms with Crippen LogP contribution in [0.2, 0.25) is 0 Å². The summed E-state index contributed by atoms with van der Waals surface area (Å²) in [6, 6.07) is 0.104. The van der Waals surface area contributed by atoms with Gasteiger partial charge >= 0.3 is 0 Å². The van der Waals surface area contributed by atoms with Crippen molar-refractivity contribution in [3.05, 3.63) is 11.9 Å². The van der Waals surface area contributed by atoms with Gasteiger partial charge in [0.15, 0.2) is 5.75 Å². The number of Topliss-reactive ketones (excluding diaryl/α,β-unsaturated/α-hetero) is 1.